The fourth-order valence-corrected chi connectivity index (χ4v) is 5.48. The number of carbonyl (C=O) groups excluding carboxylic acids is 1. The van der Waals surface area contributed by atoms with Crippen molar-refractivity contribution in [1.29, 1.82) is 0 Å². The molecule has 3 N–H and O–H groups in total. The molecule has 0 spiro atoms. The molecule has 2 saturated carbocycles. The molecule has 212 valence electrons. The summed E-state index contributed by atoms with van der Waals surface area (Å²) in [5, 5.41) is 9.57. The number of carbonyl (C=O) groups is 1. The highest BCUT2D eigenvalue weighted by atomic mass is 19.4. The molecule has 1 unspecified atom stereocenters. The van der Waals surface area contributed by atoms with Crippen LogP contribution < -0.4 is 16.0 Å². The van der Waals surface area contributed by atoms with Gasteiger partial charge in [-0.15, -0.1) is 0 Å². The van der Waals surface area contributed by atoms with Crippen LogP contribution in [0.2, 0.25) is 0 Å². The van der Waals surface area contributed by atoms with E-state index in [1.165, 1.54) is 12.8 Å². The first-order chi connectivity index (χ1) is 18.6. The Morgan fingerprint density at radius 2 is 1.74 bits per heavy atom. The lowest BCUT2D eigenvalue weighted by Gasteiger charge is -2.40. The molecule has 3 fully saturated rings. The Labute approximate surface area is 227 Å². The molecule has 8 nitrogen and oxygen atoms in total. The summed E-state index contributed by atoms with van der Waals surface area (Å²) in [6.45, 7) is 4.08. The first-order valence-electron chi connectivity index (χ1n) is 13.9. The topological polar surface area (TPSA) is 85.4 Å². The van der Waals surface area contributed by atoms with Gasteiger partial charge in [-0.2, -0.15) is 18.2 Å². The largest absolute Gasteiger partial charge is 0.421 e. The van der Waals surface area contributed by atoms with Gasteiger partial charge < -0.3 is 25.8 Å². The summed E-state index contributed by atoms with van der Waals surface area (Å²) in [7, 11) is 3.92. The number of hydrogen-bond donors (Lipinski definition) is 3. The summed E-state index contributed by atoms with van der Waals surface area (Å²) in [4.78, 5) is 25.1. The lowest BCUT2D eigenvalue weighted by Crippen LogP contribution is -2.46. The number of piperidine rings is 1. The van der Waals surface area contributed by atoms with Crippen LogP contribution in [-0.2, 0) is 6.18 Å². The van der Waals surface area contributed by atoms with Gasteiger partial charge in [0.15, 0.2) is 0 Å². The molecular formula is C28H38F3N7O. The Balaban J connectivity index is 1.21. The Bertz CT molecular complexity index is 1140. The molecule has 1 aromatic carbocycles. The second-order valence-electron chi connectivity index (χ2n) is 11.4. The van der Waals surface area contributed by atoms with Crippen LogP contribution in [0, 0.1) is 5.92 Å². The number of alkyl halides is 3. The van der Waals surface area contributed by atoms with Gasteiger partial charge in [-0.25, -0.2) is 4.98 Å². The summed E-state index contributed by atoms with van der Waals surface area (Å²) in [5.41, 5.74) is 0.268. The van der Waals surface area contributed by atoms with E-state index in [9.17, 15) is 18.0 Å². The van der Waals surface area contributed by atoms with Crippen molar-refractivity contribution in [2.45, 2.75) is 75.8 Å². The minimum absolute atomic E-state index is 0.0474. The standard InChI is InChI=1S/C28H38F3N7O/c1-17(33-20-8-9-20)19-14-22(15-19)34-25-24(28(29,30)31)16-32-27(36-25)35-21-6-4-18(5-7-21)26(39)38(3)23-10-12-37(2)13-11-23/h4-7,16-17,19-20,22-23,33H,8-15H2,1-3H3,(H2,32,34,35,36). The van der Waals surface area contributed by atoms with Gasteiger partial charge in [-0.1, -0.05) is 0 Å². The minimum atomic E-state index is -4.56. The van der Waals surface area contributed by atoms with Crippen LogP contribution in [-0.4, -0.2) is 77.0 Å². The van der Waals surface area contributed by atoms with Gasteiger partial charge in [-0.3, -0.25) is 4.79 Å². The average Bonchev–Trinajstić information content (AvgIpc) is 3.69. The summed E-state index contributed by atoms with van der Waals surface area (Å²) >= 11 is 0. The van der Waals surface area contributed by atoms with Crippen LogP contribution in [0.25, 0.3) is 0 Å². The molecule has 1 aliphatic heterocycles. The number of rotatable bonds is 9. The van der Waals surface area contributed by atoms with E-state index >= 15 is 0 Å². The molecule has 11 heteroatoms. The second-order valence-corrected chi connectivity index (χ2v) is 11.4. The molecule has 0 bridgehead atoms. The van der Waals surface area contributed by atoms with E-state index in [2.05, 4.69) is 44.8 Å². The Morgan fingerprint density at radius 1 is 1.08 bits per heavy atom. The van der Waals surface area contributed by atoms with E-state index in [1.807, 2.05) is 7.05 Å². The maximum atomic E-state index is 13.7. The second kappa shape index (κ2) is 11.3. The summed E-state index contributed by atoms with van der Waals surface area (Å²) in [5.74, 6) is 0.246. The third-order valence-corrected chi connectivity index (χ3v) is 8.34. The molecular weight excluding hydrogens is 507 g/mol. The first kappa shape index (κ1) is 27.6. The molecule has 1 aromatic heterocycles. The van der Waals surface area contributed by atoms with Crippen LogP contribution in [0.1, 0.15) is 61.4 Å². The number of nitrogens with one attached hydrogen (secondary N) is 3. The number of benzene rings is 1. The van der Waals surface area contributed by atoms with E-state index in [0.29, 0.717) is 29.3 Å². The molecule has 1 amide bonds. The number of likely N-dealkylation sites (tertiary alicyclic amines) is 1. The number of nitrogens with zero attached hydrogens (tertiary/aromatic N) is 4. The smallest absolute Gasteiger partial charge is 0.367 e. The highest BCUT2D eigenvalue weighted by Gasteiger charge is 2.39. The number of aromatic nitrogens is 2. The zero-order chi connectivity index (χ0) is 27.7. The molecule has 1 atom stereocenters. The number of hydrogen-bond acceptors (Lipinski definition) is 7. The van der Waals surface area contributed by atoms with Gasteiger partial charge in [0.1, 0.15) is 11.4 Å². The van der Waals surface area contributed by atoms with Crippen LogP contribution in [0.4, 0.5) is 30.6 Å². The van der Waals surface area contributed by atoms with Gasteiger partial charge in [0.05, 0.1) is 0 Å². The van der Waals surface area contributed by atoms with Crippen molar-refractivity contribution in [2.24, 2.45) is 5.92 Å². The maximum absolute atomic E-state index is 13.7. The van der Waals surface area contributed by atoms with E-state index in [4.69, 9.17) is 0 Å². The highest BCUT2D eigenvalue weighted by molar-refractivity contribution is 5.94. The zero-order valence-corrected chi connectivity index (χ0v) is 22.8. The molecule has 3 aliphatic rings. The predicted molar refractivity (Wildman–Crippen MR) is 145 cm³/mol. The Kier molecular flexibility index (Phi) is 8.00. The van der Waals surface area contributed by atoms with Gasteiger partial charge in [-0.05, 0) is 95.8 Å². The van der Waals surface area contributed by atoms with Crippen molar-refractivity contribution in [2.75, 3.05) is 37.8 Å². The van der Waals surface area contributed by atoms with E-state index in [1.54, 1.807) is 29.2 Å². The van der Waals surface area contributed by atoms with Crippen molar-refractivity contribution < 1.29 is 18.0 Å². The molecule has 0 radical (unpaired) electrons. The summed E-state index contributed by atoms with van der Waals surface area (Å²) in [6.07, 6.45) is 2.15. The normalized spacial score (nSPS) is 23.1. The molecule has 2 aliphatic carbocycles. The third-order valence-electron chi connectivity index (χ3n) is 8.34. The van der Waals surface area contributed by atoms with Gasteiger partial charge >= 0.3 is 6.18 Å². The van der Waals surface area contributed by atoms with Crippen molar-refractivity contribution in [3.63, 3.8) is 0 Å². The Hall–Kier alpha value is -2.92. The van der Waals surface area contributed by atoms with Gasteiger partial charge in [0, 0.05) is 48.7 Å². The highest BCUT2D eigenvalue weighted by Crippen LogP contribution is 2.38. The molecule has 5 rings (SSSR count). The van der Waals surface area contributed by atoms with Crippen molar-refractivity contribution >= 4 is 23.4 Å². The SMILES string of the molecule is CC(NC1CC1)C1CC(Nc2nc(Nc3ccc(C(=O)N(C)C4CCN(C)CC4)cc3)ncc2C(F)(F)F)C1. The van der Waals surface area contributed by atoms with E-state index < -0.39 is 11.7 Å². The predicted octanol–water partition coefficient (Wildman–Crippen LogP) is 4.74. The van der Waals surface area contributed by atoms with Crippen molar-refractivity contribution in [1.82, 2.24) is 25.1 Å². The molecule has 1 saturated heterocycles. The maximum Gasteiger partial charge on any atom is 0.421 e. The van der Waals surface area contributed by atoms with Crippen LogP contribution in [0.5, 0.6) is 0 Å². The average molecular weight is 546 g/mol. The third kappa shape index (κ3) is 6.81. The summed E-state index contributed by atoms with van der Waals surface area (Å²) < 4.78 is 41.1. The minimum Gasteiger partial charge on any atom is -0.367 e. The number of amides is 1. The number of halogens is 3. The molecule has 2 aromatic rings. The summed E-state index contributed by atoms with van der Waals surface area (Å²) in [6, 6.07) is 7.97. The van der Waals surface area contributed by atoms with Crippen molar-refractivity contribution in [3.05, 3.63) is 41.6 Å². The number of anilines is 3. The van der Waals surface area contributed by atoms with Gasteiger partial charge in [0.25, 0.3) is 5.91 Å². The van der Waals surface area contributed by atoms with Gasteiger partial charge in [0.2, 0.25) is 5.95 Å². The first-order valence-corrected chi connectivity index (χ1v) is 13.9. The zero-order valence-electron chi connectivity index (χ0n) is 22.8. The molecule has 39 heavy (non-hydrogen) atoms. The van der Waals surface area contributed by atoms with E-state index in [0.717, 1.165) is 45.0 Å². The van der Waals surface area contributed by atoms with E-state index in [-0.39, 0.29) is 29.8 Å². The lowest BCUT2D eigenvalue weighted by molar-refractivity contribution is -0.137. The fraction of sp³-hybridized carbons (Fsp3) is 0.607. The van der Waals surface area contributed by atoms with Crippen LogP contribution in [0.3, 0.4) is 0 Å². The fourth-order valence-electron chi connectivity index (χ4n) is 5.48. The molecule has 2 heterocycles. The Morgan fingerprint density at radius 3 is 2.36 bits per heavy atom. The van der Waals surface area contributed by atoms with Crippen LogP contribution in [0.15, 0.2) is 30.5 Å². The van der Waals surface area contributed by atoms with Crippen molar-refractivity contribution in [3.8, 4) is 0 Å². The van der Waals surface area contributed by atoms with Crippen LogP contribution >= 0.6 is 0 Å². The lowest BCUT2D eigenvalue weighted by atomic mass is 9.76. The quantitative estimate of drug-likeness (QED) is 0.420. The monoisotopic (exact) mass is 545 g/mol.